The molecule has 0 heterocycles. The average molecular weight is 279 g/mol. The quantitative estimate of drug-likeness (QED) is 0.524. The first-order valence-corrected chi connectivity index (χ1v) is 5.83. The van der Waals surface area contributed by atoms with Gasteiger partial charge in [0.15, 0.2) is 0 Å². The Morgan fingerprint density at radius 3 is 2.63 bits per heavy atom. The van der Waals surface area contributed by atoms with Gasteiger partial charge in [0.1, 0.15) is 11.4 Å². The highest BCUT2D eigenvalue weighted by molar-refractivity contribution is 6.32. The second-order valence-electron chi connectivity index (χ2n) is 3.99. The van der Waals surface area contributed by atoms with Crippen LogP contribution >= 0.6 is 11.6 Å². The summed E-state index contributed by atoms with van der Waals surface area (Å²) < 4.78 is 5.48. The molecule has 0 radical (unpaired) electrons. The zero-order valence-corrected chi connectivity index (χ0v) is 10.8. The maximum absolute atomic E-state index is 11.0. The SMILES string of the molecule is Cc1ccc(Oc2cccc(N)c2[N+](=O)[O-])c(Cl)c1. The van der Waals surface area contributed by atoms with Crippen LogP contribution in [-0.4, -0.2) is 4.92 Å². The number of halogens is 1. The van der Waals surface area contributed by atoms with Crippen molar-refractivity contribution in [1.29, 1.82) is 0 Å². The number of hydrogen-bond acceptors (Lipinski definition) is 4. The fourth-order valence-corrected chi connectivity index (χ4v) is 1.90. The summed E-state index contributed by atoms with van der Waals surface area (Å²) >= 11 is 6.03. The van der Waals surface area contributed by atoms with Gasteiger partial charge in [-0.3, -0.25) is 10.1 Å². The number of benzene rings is 2. The van der Waals surface area contributed by atoms with Gasteiger partial charge in [0.05, 0.1) is 9.95 Å². The number of para-hydroxylation sites is 1. The summed E-state index contributed by atoms with van der Waals surface area (Å²) in [6.45, 7) is 1.89. The molecule has 2 rings (SSSR count). The van der Waals surface area contributed by atoms with Crippen LogP contribution in [0.5, 0.6) is 11.5 Å². The lowest BCUT2D eigenvalue weighted by Crippen LogP contribution is -1.98. The summed E-state index contributed by atoms with van der Waals surface area (Å²) in [6, 6.07) is 9.69. The van der Waals surface area contributed by atoms with E-state index >= 15 is 0 Å². The summed E-state index contributed by atoms with van der Waals surface area (Å²) in [7, 11) is 0. The number of anilines is 1. The molecule has 0 saturated heterocycles. The number of aryl methyl sites for hydroxylation is 1. The summed E-state index contributed by atoms with van der Waals surface area (Å²) in [5.41, 5.74) is 6.34. The van der Waals surface area contributed by atoms with Gasteiger partial charge in [-0.1, -0.05) is 23.7 Å². The number of hydrogen-bond donors (Lipinski definition) is 1. The van der Waals surface area contributed by atoms with Crippen molar-refractivity contribution in [2.75, 3.05) is 5.73 Å². The molecule has 0 fully saturated rings. The lowest BCUT2D eigenvalue weighted by molar-refractivity contribution is -0.384. The molecule has 6 heteroatoms. The second kappa shape index (κ2) is 5.16. The Bertz CT molecular complexity index is 644. The topological polar surface area (TPSA) is 78.4 Å². The first-order chi connectivity index (χ1) is 8.99. The van der Waals surface area contributed by atoms with Crippen LogP contribution in [0.4, 0.5) is 11.4 Å². The Kier molecular flexibility index (Phi) is 3.57. The molecule has 2 N–H and O–H groups in total. The highest BCUT2D eigenvalue weighted by atomic mass is 35.5. The van der Waals surface area contributed by atoms with Crippen LogP contribution in [0.25, 0.3) is 0 Å². The van der Waals surface area contributed by atoms with Crippen molar-refractivity contribution in [3.05, 3.63) is 57.1 Å². The molecule has 0 aliphatic rings. The number of nitrogens with zero attached hydrogens (tertiary/aromatic N) is 1. The molecule has 0 amide bonds. The fourth-order valence-electron chi connectivity index (χ4n) is 1.62. The molecule has 0 aliphatic carbocycles. The number of nitro benzene ring substituents is 1. The third-order valence-corrected chi connectivity index (χ3v) is 2.82. The van der Waals surface area contributed by atoms with Crippen LogP contribution in [0.2, 0.25) is 5.02 Å². The lowest BCUT2D eigenvalue weighted by Gasteiger charge is -2.09. The van der Waals surface area contributed by atoms with Gasteiger partial charge in [0.25, 0.3) is 0 Å². The number of nitro groups is 1. The summed E-state index contributed by atoms with van der Waals surface area (Å²) in [4.78, 5) is 10.4. The van der Waals surface area contributed by atoms with Crippen molar-refractivity contribution in [2.45, 2.75) is 6.92 Å². The van der Waals surface area contributed by atoms with Gasteiger partial charge in [0.2, 0.25) is 5.75 Å². The molecule has 0 unspecified atom stereocenters. The third kappa shape index (κ3) is 2.77. The number of nitrogens with two attached hydrogens (primary N) is 1. The van der Waals surface area contributed by atoms with E-state index in [1.165, 1.54) is 12.1 Å². The lowest BCUT2D eigenvalue weighted by atomic mass is 10.2. The molecule has 0 atom stereocenters. The van der Waals surface area contributed by atoms with Crippen LogP contribution in [-0.2, 0) is 0 Å². The zero-order chi connectivity index (χ0) is 14.0. The molecule has 98 valence electrons. The Hall–Kier alpha value is -2.27. The van der Waals surface area contributed by atoms with E-state index in [0.717, 1.165) is 5.56 Å². The van der Waals surface area contributed by atoms with Gasteiger partial charge in [-0.05, 0) is 36.8 Å². The van der Waals surface area contributed by atoms with E-state index in [-0.39, 0.29) is 17.1 Å². The molecular formula is C13H11ClN2O3. The van der Waals surface area contributed by atoms with Crippen LogP contribution in [0.15, 0.2) is 36.4 Å². The normalized spacial score (nSPS) is 10.2. The standard InChI is InChI=1S/C13H11ClN2O3/c1-8-5-6-11(9(14)7-8)19-12-4-2-3-10(15)13(12)16(17)18/h2-7H,15H2,1H3. The molecular weight excluding hydrogens is 268 g/mol. The van der Waals surface area contributed by atoms with Crippen molar-refractivity contribution in [2.24, 2.45) is 0 Å². The fraction of sp³-hybridized carbons (Fsp3) is 0.0769. The zero-order valence-electron chi connectivity index (χ0n) is 10.1. The molecule has 5 nitrogen and oxygen atoms in total. The van der Waals surface area contributed by atoms with E-state index in [1.54, 1.807) is 24.3 Å². The minimum absolute atomic E-state index is 0.0470. The smallest absolute Gasteiger partial charge is 0.334 e. The monoisotopic (exact) mass is 278 g/mol. The first-order valence-electron chi connectivity index (χ1n) is 5.46. The second-order valence-corrected chi connectivity index (χ2v) is 4.39. The molecule has 0 saturated carbocycles. The van der Waals surface area contributed by atoms with Gasteiger partial charge in [-0.15, -0.1) is 0 Å². The number of nitrogen functional groups attached to an aromatic ring is 1. The molecule has 2 aromatic carbocycles. The molecule has 19 heavy (non-hydrogen) atoms. The highest BCUT2D eigenvalue weighted by Gasteiger charge is 2.20. The minimum Gasteiger partial charge on any atom is -0.448 e. The number of rotatable bonds is 3. The Labute approximate surface area is 114 Å². The molecule has 0 bridgehead atoms. The average Bonchev–Trinajstić information content (AvgIpc) is 2.32. The van der Waals surface area contributed by atoms with Crippen molar-refractivity contribution in [3.8, 4) is 11.5 Å². The maximum atomic E-state index is 11.0. The van der Waals surface area contributed by atoms with E-state index in [2.05, 4.69) is 0 Å². The largest absolute Gasteiger partial charge is 0.448 e. The van der Waals surface area contributed by atoms with Crippen molar-refractivity contribution in [1.82, 2.24) is 0 Å². The van der Waals surface area contributed by atoms with Crippen LogP contribution in [0, 0.1) is 17.0 Å². The van der Waals surface area contributed by atoms with Crippen LogP contribution in [0.1, 0.15) is 5.56 Å². The van der Waals surface area contributed by atoms with Crippen LogP contribution in [0.3, 0.4) is 0 Å². The van der Waals surface area contributed by atoms with E-state index in [0.29, 0.717) is 10.8 Å². The molecule has 0 aliphatic heterocycles. The predicted molar refractivity (Wildman–Crippen MR) is 73.8 cm³/mol. The highest BCUT2D eigenvalue weighted by Crippen LogP contribution is 2.38. The summed E-state index contributed by atoms with van der Waals surface area (Å²) in [5.74, 6) is 0.414. The Morgan fingerprint density at radius 2 is 2.00 bits per heavy atom. The van der Waals surface area contributed by atoms with E-state index in [9.17, 15) is 10.1 Å². The van der Waals surface area contributed by atoms with Gasteiger partial charge < -0.3 is 10.5 Å². The van der Waals surface area contributed by atoms with Crippen molar-refractivity contribution < 1.29 is 9.66 Å². The van der Waals surface area contributed by atoms with E-state index in [4.69, 9.17) is 22.1 Å². The maximum Gasteiger partial charge on any atom is 0.334 e. The third-order valence-electron chi connectivity index (χ3n) is 2.52. The minimum atomic E-state index is -0.577. The van der Waals surface area contributed by atoms with E-state index < -0.39 is 4.92 Å². The van der Waals surface area contributed by atoms with Gasteiger partial charge in [-0.25, -0.2) is 0 Å². The molecule has 0 aromatic heterocycles. The van der Waals surface area contributed by atoms with Gasteiger partial charge in [-0.2, -0.15) is 0 Å². The van der Waals surface area contributed by atoms with Crippen molar-refractivity contribution in [3.63, 3.8) is 0 Å². The van der Waals surface area contributed by atoms with Crippen LogP contribution < -0.4 is 10.5 Å². The predicted octanol–water partition coefficient (Wildman–Crippen LogP) is 3.93. The van der Waals surface area contributed by atoms with Gasteiger partial charge in [0, 0.05) is 0 Å². The van der Waals surface area contributed by atoms with Crippen molar-refractivity contribution >= 4 is 23.0 Å². The van der Waals surface area contributed by atoms with E-state index in [1.807, 2.05) is 6.92 Å². The molecule has 2 aromatic rings. The Morgan fingerprint density at radius 1 is 1.26 bits per heavy atom. The summed E-state index contributed by atoms with van der Waals surface area (Å²) in [6.07, 6.45) is 0. The van der Waals surface area contributed by atoms with Gasteiger partial charge >= 0.3 is 5.69 Å². The first kappa shape index (κ1) is 13.2. The summed E-state index contributed by atoms with van der Waals surface area (Å²) in [5, 5.41) is 11.4. The number of ether oxygens (including phenoxy) is 1. The molecule has 0 spiro atoms. The Balaban J connectivity index is 2.44.